The Morgan fingerprint density at radius 2 is 1.49 bits per heavy atom. The van der Waals surface area contributed by atoms with Crippen LogP contribution in [0, 0.1) is 0 Å². The lowest BCUT2D eigenvalue weighted by atomic mass is 9.84. The molecule has 1 aliphatic carbocycles. The highest BCUT2D eigenvalue weighted by molar-refractivity contribution is 4.99. The molecule has 17 atom stereocenters. The number of fused-ring (bicyclic) bond motifs is 1. The van der Waals surface area contributed by atoms with Gasteiger partial charge in [-0.15, -0.1) is 0 Å². The SMILES string of the molecule is CN[C@@H]1[C@@H](O[C@H]2O[C@H](CO)[C@@H](N)[C@H](O)[C@H]2O)O[C@H]2C[C@@H]([NH3+])[C@@H](O[C@H]3[C@H](O)[C@@H](O)[C@H]([NH3+])C[C@@H]3[NH3+])O[C@@H]2[C@@H]1O. The van der Waals surface area contributed by atoms with Crippen molar-refractivity contribution in [3.63, 3.8) is 0 Å². The zero-order valence-electron chi connectivity index (χ0n) is 20.9. The van der Waals surface area contributed by atoms with E-state index < -0.39 is 98.5 Å². The van der Waals surface area contributed by atoms with Crippen LogP contribution in [0.2, 0.25) is 0 Å². The van der Waals surface area contributed by atoms with Crippen molar-refractivity contribution in [2.45, 2.75) is 117 Å². The summed E-state index contributed by atoms with van der Waals surface area (Å²) < 4.78 is 29.6. The van der Waals surface area contributed by atoms with E-state index in [1.165, 1.54) is 0 Å². The molecule has 0 unspecified atom stereocenters. The monoisotopic (exact) mass is 542 g/mol. The number of hydrogen-bond acceptors (Lipinski definition) is 13. The third-order valence-corrected chi connectivity index (χ3v) is 7.96. The van der Waals surface area contributed by atoms with Gasteiger partial charge in [0.05, 0.1) is 31.2 Å². The third-order valence-electron chi connectivity index (χ3n) is 7.96. The van der Waals surface area contributed by atoms with E-state index >= 15 is 0 Å². The van der Waals surface area contributed by atoms with Gasteiger partial charge in [-0.25, -0.2) is 0 Å². The summed E-state index contributed by atoms with van der Waals surface area (Å²) in [5.74, 6) is 0. The van der Waals surface area contributed by atoms with E-state index in [0.717, 1.165) is 0 Å². The number of hydrogen-bond donors (Lipinski definition) is 11. The fraction of sp³-hybridized carbons (Fsp3) is 1.00. The lowest BCUT2D eigenvalue weighted by molar-refractivity contribution is -0.527. The van der Waals surface area contributed by atoms with E-state index in [2.05, 4.69) is 22.5 Å². The largest absolute Gasteiger partial charge is 0.394 e. The second-order valence-corrected chi connectivity index (χ2v) is 10.6. The van der Waals surface area contributed by atoms with Crippen LogP contribution in [0.1, 0.15) is 12.8 Å². The molecule has 4 rings (SSSR count). The molecule has 4 fully saturated rings. The number of rotatable bonds is 6. The Morgan fingerprint density at radius 1 is 0.784 bits per heavy atom. The summed E-state index contributed by atoms with van der Waals surface area (Å²) >= 11 is 0. The number of aliphatic hydroxyl groups is 6. The second kappa shape index (κ2) is 11.8. The molecule has 1 saturated carbocycles. The van der Waals surface area contributed by atoms with E-state index in [4.69, 9.17) is 29.4 Å². The number of aliphatic hydroxyl groups excluding tert-OH is 6. The van der Waals surface area contributed by atoms with Crippen LogP contribution in [0.5, 0.6) is 0 Å². The number of quaternary nitrogens is 3. The van der Waals surface area contributed by atoms with Gasteiger partial charge in [-0.1, -0.05) is 0 Å². The quantitative estimate of drug-likeness (QED) is 0.149. The average Bonchev–Trinajstić information content (AvgIpc) is 2.86. The number of nitrogens with two attached hydrogens (primary N) is 1. The molecule has 0 spiro atoms. The summed E-state index contributed by atoms with van der Waals surface area (Å²) in [4.78, 5) is 0. The lowest BCUT2D eigenvalue weighted by Gasteiger charge is -2.50. The van der Waals surface area contributed by atoms with Crippen molar-refractivity contribution in [2.24, 2.45) is 5.73 Å². The van der Waals surface area contributed by atoms with Gasteiger partial charge in [0.25, 0.3) is 0 Å². The molecule has 0 bridgehead atoms. The molecule has 37 heavy (non-hydrogen) atoms. The molecule has 4 aliphatic rings. The molecule has 3 saturated heterocycles. The summed E-state index contributed by atoms with van der Waals surface area (Å²) in [6, 6.07) is -3.03. The molecule has 0 amide bonds. The Morgan fingerprint density at radius 3 is 2.14 bits per heavy atom. The number of likely N-dealkylation sites (N-methyl/N-ethyl adjacent to an activating group) is 1. The molecular weight excluding hydrogens is 498 g/mol. The van der Waals surface area contributed by atoms with Crippen LogP contribution in [0.25, 0.3) is 0 Å². The van der Waals surface area contributed by atoms with Gasteiger partial charge in [-0.05, 0) is 7.05 Å². The van der Waals surface area contributed by atoms with Crippen LogP contribution >= 0.6 is 0 Å². The molecule has 0 radical (unpaired) electrons. The first-order valence-corrected chi connectivity index (χ1v) is 12.7. The maximum Gasteiger partial charge on any atom is 0.211 e. The predicted molar refractivity (Wildman–Crippen MR) is 119 cm³/mol. The highest BCUT2D eigenvalue weighted by atomic mass is 16.8. The van der Waals surface area contributed by atoms with Gasteiger partial charge in [0.1, 0.15) is 67.0 Å². The van der Waals surface area contributed by atoms with Crippen molar-refractivity contribution in [3.8, 4) is 0 Å². The van der Waals surface area contributed by atoms with Crippen molar-refractivity contribution in [2.75, 3.05) is 13.7 Å². The summed E-state index contributed by atoms with van der Waals surface area (Å²) in [6.07, 6.45) is -12.3. The first-order valence-electron chi connectivity index (χ1n) is 12.7. The summed E-state index contributed by atoms with van der Waals surface area (Å²) in [5.41, 5.74) is 17.8. The third kappa shape index (κ3) is 5.66. The van der Waals surface area contributed by atoms with Gasteiger partial charge < -0.3 is 82.6 Å². The minimum Gasteiger partial charge on any atom is -0.394 e. The first kappa shape index (κ1) is 29.3. The van der Waals surface area contributed by atoms with Crippen molar-refractivity contribution in [3.05, 3.63) is 0 Å². The van der Waals surface area contributed by atoms with E-state index in [0.29, 0.717) is 12.8 Å². The smallest absolute Gasteiger partial charge is 0.211 e. The Bertz CT molecular complexity index is 756. The van der Waals surface area contributed by atoms with Crippen LogP contribution in [-0.2, 0) is 23.7 Å². The standard InChI is InChI=1S/C21H41N5O11/c1-26-11-14(30)18-8(33-20(11)37-21-16(32)13(29)10(25)9(4-27)34-21)3-7(24)19(36-18)35-17-6(23)2-5(22)12(28)15(17)31/h5-21,26-32H,2-4,22-25H2,1H3/p+3/t5-,6+,7-,8+,9-,10-,11+,12+,13+,14-,15-,16-,17-,18+,19+,20-,21-/m1/s1. The van der Waals surface area contributed by atoms with Crippen LogP contribution < -0.4 is 28.3 Å². The van der Waals surface area contributed by atoms with Crippen LogP contribution in [-0.4, -0.2) is 148 Å². The molecule has 0 aromatic carbocycles. The predicted octanol–water partition coefficient (Wildman–Crippen LogP) is -9.10. The Kier molecular flexibility index (Phi) is 9.40. The lowest BCUT2D eigenvalue weighted by Crippen LogP contribution is -2.83. The van der Waals surface area contributed by atoms with Crippen LogP contribution in [0.15, 0.2) is 0 Å². The Hall–Kier alpha value is -0.640. The van der Waals surface area contributed by atoms with Gasteiger partial charge in [0.15, 0.2) is 12.6 Å². The van der Waals surface area contributed by atoms with Crippen LogP contribution in [0.3, 0.4) is 0 Å². The van der Waals surface area contributed by atoms with Crippen molar-refractivity contribution in [1.29, 1.82) is 0 Å². The minimum absolute atomic E-state index is 0.300. The molecular formula is C21H44N5O11+3. The maximum absolute atomic E-state index is 11.2. The van der Waals surface area contributed by atoms with Gasteiger partial charge >= 0.3 is 0 Å². The molecule has 16 nitrogen and oxygen atoms in total. The zero-order chi connectivity index (χ0) is 27.2. The van der Waals surface area contributed by atoms with Gasteiger partial charge in [0.2, 0.25) is 6.29 Å². The highest BCUT2D eigenvalue weighted by Crippen LogP contribution is 2.35. The van der Waals surface area contributed by atoms with Crippen molar-refractivity contribution < 1.29 is 71.5 Å². The minimum atomic E-state index is -1.51. The Labute approximate surface area is 213 Å². The molecule has 3 aliphatic heterocycles. The molecule has 0 aromatic rings. The van der Waals surface area contributed by atoms with Crippen molar-refractivity contribution >= 4 is 0 Å². The first-order chi connectivity index (χ1) is 17.5. The van der Waals surface area contributed by atoms with E-state index in [1.807, 2.05) is 0 Å². The maximum atomic E-state index is 11.2. The molecule has 0 aromatic heterocycles. The van der Waals surface area contributed by atoms with Gasteiger partial charge in [0, 0.05) is 6.42 Å². The summed E-state index contributed by atoms with van der Waals surface area (Å²) in [7, 11) is 1.58. The normalized spacial score (nSPS) is 55.1. The summed E-state index contributed by atoms with van der Waals surface area (Å²) in [5, 5.41) is 65.0. The molecule has 18 N–H and O–H groups in total. The zero-order valence-corrected chi connectivity index (χ0v) is 20.9. The average molecular weight is 543 g/mol. The molecule has 216 valence electrons. The second-order valence-electron chi connectivity index (χ2n) is 10.6. The van der Waals surface area contributed by atoms with E-state index in [9.17, 15) is 30.6 Å². The molecule has 3 heterocycles. The number of ether oxygens (including phenoxy) is 5. The van der Waals surface area contributed by atoms with Gasteiger partial charge in [-0.3, -0.25) is 0 Å². The Balaban J connectivity index is 1.43. The highest BCUT2D eigenvalue weighted by Gasteiger charge is 2.55. The fourth-order valence-corrected chi connectivity index (χ4v) is 5.64. The van der Waals surface area contributed by atoms with Gasteiger partial charge in [-0.2, -0.15) is 0 Å². The molecule has 16 heteroatoms. The topological polar surface area (TPSA) is 288 Å². The van der Waals surface area contributed by atoms with Crippen LogP contribution in [0.4, 0.5) is 0 Å². The summed E-state index contributed by atoms with van der Waals surface area (Å²) in [6.45, 7) is -0.492. The van der Waals surface area contributed by atoms with E-state index in [1.54, 1.807) is 7.05 Å². The van der Waals surface area contributed by atoms with E-state index in [-0.39, 0.29) is 12.1 Å². The van der Waals surface area contributed by atoms with Crippen molar-refractivity contribution in [1.82, 2.24) is 5.32 Å². The number of nitrogens with one attached hydrogen (secondary N) is 1. The fourth-order valence-electron chi connectivity index (χ4n) is 5.64.